The number of hydrogen-bond donors (Lipinski definition) is 1. The first kappa shape index (κ1) is 12.2. The lowest BCUT2D eigenvalue weighted by Crippen LogP contribution is -2.06. The molecule has 1 rings (SSSR count). The fraction of sp³-hybridized carbons (Fsp3) is 0.500. The highest BCUT2D eigenvalue weighted by Gasteiger charge is 2.04. The maximum atomic E-state index is 6.09. The average Bonchev–Trinajstić information content (AvgIpc) is 2.18. The molecule has 0 amide bonds. The molecule has 1 aromatic rings. The predicted molar refractivity (Wildman–Crippen MR) is 66.0 cm³/mol. The van der Waals surface area contributed by atoms with Crippen molar-refractivity contribution >= 4 is 17.3 Å². The summed E-state index contributed by atoms with van der Waals surface area (Å²) in [5.74, 6) is 0.744. The zero-order valence-corrected chi connectivity index (χ0v) is 10.3. The summed E-state index contributed by atoms with van der Waals surface area (Å²) in [4.78, 5) is 0. The molecule has 0 fully saturated rings. The number of ether oxygens (including phenoxy) is 1. The lowest BCUT2D eigenvalue weighted by atomic mass is 10.3. The van der Waals surface area contributed by atoms with Crippen LogP contribution in [-0.2, 0) is 0 Å². The molecule has 1 aromatic carbocycles. The largest absolute Gasteiger partial charge is 0.489 e. The van der Waals surface area contributed by atoms with E-state index in [2.05, 4.69) is 12.2 Å². The molecule has 0 aliphatic rings. The van der Waals surface area contributed by atoms with E-state index in [9.17, 15) is 0 Å². The van der Waals surface area contributed by atoms with Crippen LogP contribution in [0, 0.1) is 0 Å². The normalized spacial score (nSPS) is 10.5. The van der Waals surface area contributed by atoms with Crippen molar-refractivity contribution in [3.8, 4) is 5.75 Å². The Labute approximate surface area is 96.6 Å². The molecule has 0 unspecified atom stereocenters. The quantitative estimate of drug-likeness (QED) is 0.823. The maximum Gasteiger partial charge on any atom is 0.138 e. The lowest BCUT2D eigenvalue weighted by molar-refractivity contribution is 0.242. The molecule has 2 nitrogen and oxygen atoms in total. The van der Waals surface area contributed by atoms with E-state index in [1.807, 2.05) is 32.0 Å². The molecule has 0 spiro atoms. The Morgan fingerprint density at radius 1 is 1.40 bits per heavy atom. The summed E-state index contributed by atoms with van der Waals surface area (Å²) in [6.45, 7) is 7.06. The van der Waals surface area contributed by atoms with Crippen molar-refractivity contribution in [3.63, 3.8) is 0 Å². The van der Waals surface area contributed by atoms with Crippen LogP contribution >= 0.6 is 11.6 Å². The topological polar surface area (TPSA) is 21.3 Å². The molecule has 0 heterocycles. The minimum atomic E-state index is 0.150. The van der Waals surface area contributed by atoms with Crippen LogP contribution in [0.4, 0.5) is 5.69 Å². The first-order valence-electron chi connectivity index (χ1n) is 5.33. The van der Waals surface area contributed by atoms with E-state index in [0.717, 1.165) is 24.4 Å². The summed E-state index contributed by atoms with van der Waals surface area (Å²) in [6.07, 6.45) is 1.25. The van der Waals surface area contributed by atoms with E-state index in [1.165, 1.54) is 0 Å². The second kappa shape index (κ2) is 5.86. The molecular weight excluding hydrogens is 210 g/mol. The minimum Gasteiger partial charge on any atom is -0.489 e. The third-order valence-electron chi connectivity index (χ3n) is 1.87. The molecule has 1 N–H and O–H groups in total. The molecule has 15 heavy (non-hydrogen) atoms. The summed E-state index contributed by atoms with van der Waals surface area (Å²) in [5.41, 5.74) is 1.04. The monoisotopic (exact) mass is 227 g/mol. The number of nitrogens with one attached hydrogen (secondary N) is 1. The van der Waals surface area contributed by atoms with Gasteiger partial charge >= 0.3 is 0 Å². The standard InChI is InChI=1S/C12H18ClNO/c1-4-7-14-10-5-6-12(11(13)8-10)15-9(2)3/h5-6,8-9,14H,4,7H2,1-3H3. The molecule has 0 radical (unpaired) electrons. The van der Waals surface area contributed by atoms with Crippen molar-refractivity contribution in [2.45, 2.75) is 33.3 Å². The zero-order valence-electron chi connectivity index (χ0n) is 9.51. The second-order valence-corrected chi connectivity index (χ2v) is 4.15. The number of benzene rings is 1. The first-order chi connectivity index (χ1) is 7.13. The van der Waals surface area contributed by atoms with E-state index in [4.69, 9.17) is 16.3 Å². The summed E-state index contributed by atoms with van der Waals surface area (Å²) < 4.78 is 5.54. The van der Waals surface area contributed by atoms with Crippen molar-refractivity contribution in [3.05, 3.63) is 23.2 Å². The second-order valence-electron chi connectivity index (χ2n) is 3.74. The fourth-order valence-electron chi connectivity index (χ4n) is 1.23. The Morgan fingerprint density at radius 2 is 2.13 bits per heavy atom. The Kier molecular flexibility index (Phi) is 4.76. The van der Waals surface area contributed by atoms with Crippen LogP contribution in [0.15, 0.2) is 18.2 Å². The molecule has 0 aliphatic heterocycles. The van der Waals surface area contributed by atoms with Crippen molar-refractivity contribution < 1.29 is 4.74 Å². The van der Waals surface area contributed by atoms with Crippen LogP contribution in [0.5, 0.6) is 5.75 Å². The van der Waals surface area contributed by atoms with Gasteiger partial charge in [0.05, 0.1) is 11.1 Å². The highest BCUT2D eigenvalue weighted by atomic mass is 35.5. The van der Waals surface area contributed by atoms with Crippen LogP contribution in [0.3, 0.4) is 0 Å². The van der Waals surface area contributed by atoms with E-state index in [-0.39, 0.29) is 6.10 Å². The van der Waals surface area contributed by atoms with E-state index < -0.39 is 0 Å². The summed E-state index contributed by atoms with van der Waals surface area (Å²) in [6, 6.07) is 5.79. The predicted octanol–water partition coefficient (Wildman–Crippen LogP) is 3.95. The smallest absolute Gasteiger partial charge is 0.138 e. The highest BCUT2D eigenvalue weighted by molar-refractivity contribution is 6.32. The summed E-state index contributed by atoms with van der Waals surface area (Å²) in [7, 11) is 0. The van der Waals surface area contributed by atoms with Crippen LogP contribution in [0.1, 0.15) is 27.2 Å². The van der Waals surface area contributed by atoms with Gasteiger partial charge in [0.2, 0.25) is 0 Å². The van der Waals surface area contributed by atoms with Gasteiger partial charge in [-0.15, -0.1) is 0 Å². The number of hydrogen-bond acceptors (Lipinski definition) is 2. The Hall–Kier alpha value is -0.890. The molecule has 3 heteroatoms. The van der Waals surface area contributed by atoms with Crippen molar-refractivity contribution in [2.24, 2.45) is 0 Å². The molecule has 0 bridgehead atoms. The summed E-state index contributed by atoms with van der Waals surface area (Å²) in [5, 5.41) is 3.93. The molecule has 84 valence electrons. The van der Waals surface area contributed by atoms with Crippen molar-refractivity contribution in [1.29, 1.82) is 0 Å². The lowest BCUT2D eigenvalue weighted by Gasteiger charge is -2.12. The van der Waals surface area contributed by atoms with Gasteiger partial charge in [0.25, 0.3) is 0 Å². The van der Waals surface area contributed by atoms with Gasteiger partial charge in [-0.25, -0.2) is 0 Å². The minimum absolute atomic E-state index is 0.150. The third kappa shape index (κ3) is 4.00. The SMILES string of the molecule is CCCNc1ccc(OC(C)C)c(Cl)c1. The van der Waals surface area contributed by atoms with Gasteiger partial charge in [-0.2, -0.15) is 0 Å². The molecule has 0 saturated carbocycles. The first-order valence-corrected chi connectivity index (χ1v) is 5.71. The van der Waals surface area contributed by atoms with Crippen LogP contribution in [0.25, 0.3) is 0 Å². The van der Waals surface area contributed by atoms with Crippen LogP contribution in [0.2, 0.25) is 5.02 Å². The van der Waals surface area contributed by atoms with Gasteiger partial charge < -0.3 is 10.1 Å². The van der Waals surface area contributed by atoms with Crippen LogP contribution < -0.4 is 10.1 Å². The molecule has 0 saturated heterocycles. The Morgan fingerprint density at radius 3 is 2.67 bits per heavy atom. The molecule has 0 aliphatic carbocycles. The van der Waals surface area contributed by atoms with Crippen molar-refractivity contribution in [1.82, 2.24) is 0 Å². The van der Waals surface area contributed by atoms with Crippen LogP contribution in [-0.4, -0.2) is 12.6 Å². The van der Waals surface area contributed by atoms with Gasteiger partial charge in [-0.3, -0.25) is 0 Å². The highest BCUT2D eigenvalue weighted by Crippen LogP contribution is 2.28. The maximum absolute atomic E-state index is 6.09. The van der Waals surface area contributed by atoms with E-state index >= 15 is 0 Å². The Balaban J connectivity index is 2.70. The molecular formula is C12H18ClNO. The Bertz CT molecular complexity index is 312. The van der Waals surface area contributed by atoms with Gasteiger partial charge in [0.1, 0.15) is 5.75 Å². The number of anilines is 1. The van der Waals surface area contributed by atoms with Gasteiger partial charge in [-0.1, -0.05) is 18.5 Å². The molecule has 0 atom stereocenters. The fourth-order valence-corrected chi connectivity index (χ4v) is 1.45. The third-order valence-corrected chi connectivity index (χ3v) is 2.17. The number of halogens is 1. The summed E-state index contributed by atoms with van der Waals surface area (Å²) >= 11 is 6.09. The van der Waals surface area contributed by atoms with Gasteiger partial charge in [0.15, 0.2) is 0 Å². The molecule has 0 aromatic heterocycles. The van der Waals surface area contributed by atoms with Gasteiger partial charge in [0, 0.05) is 12.2 Å². The van der Waals surface area contributed by atoms with Crippen molar-refractivity contribution in [2.75, 3.05) is 11.9 Å². The number of rotatable bonds is 5. The van der Waals surface area contributed by atoms with Gasteiger partial charge in [-0.05, 0) is 38.5 Å². The average molecular weight is 228 g/mol. The van der Waals surface area contributed by atoms with E-state index in [0.29, 0.717) is 5.02 Å². The zero-order chi connectivity index (χ0) is 11.3. The van der Waals surface area contributed by atoms with E-state index in [1.54, 1.807) is 0 Å².